The van der Waals surface area contributed by atoms with Gasteiger partial charge in [-0.2, -0.15) is 0 Å². The highest BCUT2D eigenvalue weighted by molar-refractivity contribution is 7.90. The Balaban J connectivity index is 1.69. The number of anilines is 1. The maximum Gasteiger partial charge on any atom is 0.246 e. The number of rotatable bonds is 6. The lowest BCUT2D eigenvalue weighted by Gasteiger charge is -2.18. The van der Waals surface area contributed by atoms with E-state index in [1.807, 2.05) is 31.2 Å². The minimum atomic E-state index is -3.84. The molecule has 0 fully saturated rings. The Bertz CT molecular complexity index is 1410. The highest BCUT2D eigenvalue weighted by Gasteiger charge is 2.24. The maximum absolute atomic E-state index is 14.1. The number of hydrogen-bond acceptors (Lipinski definition) is 3. The molecule has 4 rings (SSSR count). The van der Waals surface area contributed by atoms with Gasteiger partial charge in [0.05, 0.1) is 10.6 Å². The number of fused-ring (bicyclic) bond motifs is 1. The number of sulfone groups is 1. The number of aromatic nitrogens is 1. The molecule has 0 aliphatic rings. The Labute approximate surface area is 186 Å². The number of likely N-dealkylation sites (N-methyl/N-ethyl adjacent to an activating group) is 1. The van der Waals surface area contributed by atoms with Gasteiger partial charge in [0.2, 0.25) is 5.91 Å². The summed E-state index contributed by atoms with van der Waals surface area (Å²) in [5.74, 6) is -1.20. The molecule has 0 bridgehead atoms. The van der Waals surface area contributed by atoms with Crippen LogP contribution in [0.15, 0.2) is 83.9 Å². The summed E-state index contributed by atoms with van der Waals surface area (Å²) in [5.41, 5.74) is 2.54. The van der Waals surface area contributed by atoms with Gasteiger partial charge in [-0.05, 0) is 36.8 Å². The largest absolute Gasteiger partial charge is 0.337 e. The molecule has 0 aliphatic carbocycles. The molecule has 3 aromatic carbocycles. The van der Waals surface area contributed by atoms with Gasteiger partial charge in [0.15, 0.2) is 9.84 Å². The second-order valence-electron chi connectivity index (χ2n) is 7.78. The Kier molecular flexibility index (Phi) is 5.84. The van der Waals surface area contributed by atoms with Crippen molar-refractivity contribution in [1.82, 2.24) is 4.57 Å². The molecule has 0 radical (unpaired) electrons. The predicted octanol–water partition coefficient (Wildman–Crippen LogP) is 4.73. The zero-order chi connectivity index (χ0) is 22.9. The average molecular weight is 451 g/mol. The fourth-order valence-corrected chi connectivity index (χ4v) is 5.32. The van der Waals surface area contributed by atoms with E-state index >= 15 is 0 Å². The van der Waals surface area contributed by atoms with Gasteiger partial charge >= 0.3 is 0 Å². The molecule has 1 amide bonds. The van der Waals surface area contributed by atoms with Gasteiger partial charge in [0.1, 0.15) is 12.4 Å². The lowest BCUT2D eigenvalue weighted by molar-refractivity contribution is -0.118. The van der Waals surface area contributed by atoms with Crippen LogP contribution >= 0.6 is 0 Å². The zero-order valence-electron chi connectivity index (χ0n) is 17.8. The molecule has 0 N–H and O–H groups in total. The number of benzene rings is 3. The van der Waals surface area contributed by atoms with Crippen LogP contribution in [0.25, 0.3) is 10.9 Å². The first-order valence-corrected chi connectivity index (χ1v) is 11.8. The van der Waals surface area contributed by atoms with Crippen molar-refractivity contribution in [3.05, 3.63) is 95.9 Å². The minimum Gasteiger partial charge on any atom is -0.337 e. The first-order chi connectivity index (χ1) is 15.3. The van der Waals surface area contributed by atoms with Gasteiger partial charge in [0, 0.05) is 35.4 Å². The summed E-state index contributed by atoms with van der Waals surface area (Å²) >= 11 is 0. The molecule has 0 spiro atoms. The molecular weight excluding hydrogens is 427 g/mol. The third kappa shape index (κ3) is 4.29. The third-order valence-corrected chi connectivity index (χ3v) is 7.15. The van der Waals surface area contributed by atoms with Crippen LogP contribution in [0.4, 0.5) is 10.1 Å². The first kappa shape index (κ1) is 21.8. The quantitative estimate of drug-likeness (QED) is 0.427. The number of amides is 1. The van der Waals surface area contributed by atoms with Gasteiger partial charge < -0.3 is 9.47 Å². The lowest BCUT2D eigenvalue weighted by Crippen LogP contribution is -2.29. The molecule has 4 aromatic rings. The van der Waals surface area contributed by atoms with Crippen molar-refractivity contribution in [2.45, 2.75) is 24.1 Å². The summed E-state index contributed by atoms with van der Waals surface area (Å²) in [7, 11) is -2.15. The Morgan fingerprint density at radius 1 is 1.00 bits per heavy atom. The fourth-order valence-electron chi connectivity index (χ4n) is 3.72. The summed E-state index contributed by atoms with van der Waals surface area (Å²) in [6.07, 6.45) is 1.48. The zero-order valence-corrected chi connectivity index (χ0v) is 18.6. The van der Waals surface area contributed by atoms with E-state index in [-0.39, 0.29) is 22.9 Å². The van der Waals surface area contributed by atoms with Crippen molar-refractivity contribution in [2.75, 3.05) is 11.9 Å². The molecule has 32 heavy (non-hydrogen) atoms. The second kappa shape index (κ2) is 8.59. The molecule has 0 saturated heterocycles. The molecule has 0 unspecified atom stereocenters. The highest BCUT2D eigenvalue weighted by Crippen LogP contribution is 2.29. The van der Waals surface area contributed by atoms with Crippen molar-refractivity contribution in [3.63, 3.8) is 0 Å². The Morgan fingerprint density at radius 2 is 1.72 bits per heavy atom. The highest BCUT2D eigenvalue weighted by atomic mass is 32.2. The van der Waals surface area contributed by atoms with Crippen molar-refractivity contribution in [2.24, 2.45) is 0 Å². The molecule has 5 nitrogen and oxygen atoms in total. The number of nitrogens with zero attached hydrogens (tertiary/aromatic N) is 2. The second-order valence-corrected chi connectivity index (χ2v) is 9.74. The van der Waals surface area contributed by atoms with E-state index in [4.69, 9.17) is 0 Å². The Hall–Kier alpha value is -3.45. The SMILES string of the molecule is Cc1cccc(N(C)C(=O)Cn2cc(S(=O)(=O)Cc3ccccc3F)c3ccccc32)c1. The smallest absolute Gasteiger partial charge is 0.246 e. The summed E-state index contributed by atoms with van der Waals surface area (Å²) in [4.78, 5) is 14.6. The summed E-state index contributed by atoms with van der Waals surface area (Å²) in [6.45, 7) is 1.92. The van der Waals surface area contributed by atoms with Crippen LogP contribution < -0.4 is 4.90 Å². The van der Waals surface area contributed by atoms with E-state index < -0.39 is 21.4 Å². The molecule has 164 valence electrons. The van der Waals surface area contributed by atoms with Gasteiger partial charge in [0.25, 0.3) is 0 Å². The van der Waals surface area contributed by atoms with Crippen molar-refractivity contribution in [3.8, 4) is 0 Å². The van der Waals surface area contributed by atoms with E-state index in [2.05, 4.69) is 0 Å². The van der Waals surface area contributed by atoms with E-state index in [9.17, 15) is 17.6 Å². The number of hydrogen-bond donors (Lipinski definition) is 0. The number of halogens is 1. The molecule has 0 aliphatic heterocycles. The normalized spacial score (nSPS) is 11.6. The fraction of sp³-hybridized carbons (Fsp3) is 0.160. The number of carbonyl (C=O) groups excluding carboxylic acids is 1. The van der Waals surface area contributed by atoms with Crippen LogP contribution in [0.3, 0.4) is 0 Å². The summed E-state index contributed by atoms with van der Waals surface area (Å²) in [6, 6.07) is 20.5. The van der Waals surface area contributed by atoms with Crippen molar-refractivity contribution >= 4 is 32.3 Å². The van der Waals surface area contributed by atoms with E-state index in [0.29, 0.717) is 10.9 Å². The topological polar surface area (TPSA) is 59.4 Å². The minimum absolute atomic E-state index is 0.0276. The van der Waals surface area contributed by atoms with Crippen molar-refractivity contribution < 1.29 is 17.6 Å². The number of para-hydroxylation sites is 1. The molecule has 0 saturated carbocycles. The van der Waals surface area contributed by atoms with E-state index in [0.717, 1.165) is 11.3 Å². The Morgan fingerprint density at radius 3 is 2.47 bits per heavy atom. The van der Waals surface area contributed by atoms with Crippen LogP contribution in [-0.4, -0.2) is 25.9 Å². The van der Waals surface area contributed by atoms with Crippen LogP contribution in [-0.2, 0) is 26.9 Å². The third-order valence-electron chi connectivity index (χ3n) is 5.46. The summed E-state index contributed by atoms with van der Waals surface area (Å²) < 4.78 is 42.1. The van der Waals surface area contributed by atoms with Crippen LogP contribution in [0.1, 0.15) is 11.1 Å². The molecule has 1 heterocycles. The van der Waals surface area contributed by atoms with E-state index in [1.54, 1.807) is 46.8 Å². The number of aryl methyl sites for hydroxylation is 1. The molecule has 7 heteroatoms. The average Bonchev–Trinajstić information content (AvgIpc) is 3.14. The van der Waals surface area contributed by atoms with Crippen molar-refractivity contribution in [1.29, 1.82) is 0 Å². The monoisotopic (exact) mass is 450 g/mol. The standard InChI is InChI=1S/C25H23FN2O3S/c1-18-8-7-10-20(14-18)27(2)25(29)16-28-15-24(21-11-4-6-13-23(21)28)32(30,31)17-19-9-3-5-12-22(19)26/h3-15H,16-17H2,1-2H3. The van der Waals surface area contributed by atoms with E-state index in [1.165, 1.54) is 24.4 Å². The van der Waals surface area contributed by atoms with Crippen LogP contribution in [0.5, 0.6) is 0 Å². The van der Waals surface area contributed by atoms with Gasteiger partial charge in [-0.1, -0.05) is 48.5 Å². The maximum atomic E-state index is 14.1. The first-order valence-electron chi connectivity index (χ1n) is 10.1. The summed E-state index contributed by atoms with van der Waals surface area (Å²) in [5, 5.41) is 0.509. The predicted molar refractivity (Wildman–Crippen MR) is 124 cm³/mol. The van der Waals surface area contributed by atoms with Gasteiger partial charge in [-0.15, -0.1) is 0 Å². The molecular formula is C25H23FN2O3S. The lowest BCUT2D eigenvalue weighted by atomic mass is 10.2. The van der Waals surface area contributed by atoms with Crippen LogP contribution in [0, 0.1) is 12.7 Å². The number of carbonyl (C=O) groups is 1. The molecule has 0 atom stereocenters. The van der Waals surface area contributed by atoms with Gasteiger partial charge in [-0.25, -0.2) is 12.8 Å². The molecule has 1 aromatic heterocycles. The van der Waals surface area contributed by atoms with Gasteiger partial charge in [-0.3, -0.25) is 4.79 Å². The van der Waals surface area contributed by atoms with Crippen LogP contribution in [0.2, 0.25) is 0 Å².